The Morgan fingerprint density at radius 3 is 1.90 bits per heavy atom. The molecule has 6 fully saturated rings. The summed E-state index contributed by atoms with van der Waals surface area (Å²) in [4.78, 5) is 54.4. The molecule has 6 aliphatic carbocycles. The van der Waals surface area contributed by atoms with Crippen LogP contribution in [0.4, 0.5) is 0 Å². The van der Waals surface area contributed by atoms with Crippen molar-refractivity contribution in [2.75, 3.05) is 7.11 Å². The van der Waals surface area contributed by atoms with E-state index in [0.29, 0.717) is 71.8 Å². The molecule has 0 saturated heterocycles. The van der Waals surface area contributed by atoms with Gasteiger partial charge in [-0.05, 0) is 0 Å². The van der Waals surface area contributed by atoms with Gasteiger partial charge in [-0.15, -0.1) is 0 Å². The molecule has 262 valence electrons. The van der Waals surface area contributed by atoms with E-state index in [1.54, 1.807) is 33.1 Å². The van der Waals surface area contributed by atoms with E-state index in [2.05, 4.69) is 20.1 Å². The molecule has 0 heterocycles. The molecule has 0 aromatic heterocycles. The van der Waals surface area contributed by atoms with Crippen LogP contribution in [0.3, 0.4) is 0 Å². The second kappa shape index (κ2) is 13.1. The zero-order valence-corrected chi connectivity index (χ0v) is 30.9. The first-order chi connectivity index (χ1) is 22.7. The van der Waals surface area contributed by atoms with Crippen molar-refractivity contribution in [2.45, 2.75) is 115 Å². The minimum atomic E-state index is -3.40. The number of hydrogen-bond acceptors (Lipinski definition) is 9. The monoisotopic (exact) mass is 776 g/mol. The Bertz CT molecular complexity index is 1490. The molecular formula is C38H49IO9. The average molecular weight is 777 g/mol. The molecule has 10 heteroatoms. The first-order valence-electron chi connectivity index (χ1n) is 17.3. The fraction of sp³-hybridized carbons (Fsp3) is 0.632. The number of benzene rings is 1. The Morgan fingerprint density at radius 2 is 1.33 bits per heavy atom. The average Bonchev–Trinajstić information content (AvgIpc) is 3.03. The van der Waals surface area contributed by atoms with Crippen LogP contribution in [0.25, 0.3) is 0 Å². The molecular weight excluding hydrogens is 727 g/mol. The Labute approximate surface area is 292 Å². The van der Waals surface area contributed by atoms with Crippen molar-refractivity contribution in [2.24, 2.45) is 28.6 Å². The Balaban J connectivity index is 1.28. The topological polar surface area (TPSA) is 114 Å². The van der Waals surface area contributed by atoms with Gasteiger partial charge < -0.3 is 0 Å². The van der Waals surface area contributed by atoms with Crippen molar-refractivity contribution in [3.05, 3.63) is 52.1 Å². The van der Waals surface area contributed by atoms with Gasteiger partial charge in [-0.25, -0.2) is 0 Å². The summed E-state index contributed by atoms with van der Waals surface area (Å²) in [5, 5.41) is 0. The van der Waals surface area contributed by atoms with Crippen LogP contribution < -0.4 is 4.74 Å². The normalized spacial score (nSPS) is 34.8. The van der Waals surface area contributed by atoms with Gasteiger partial charge in [0.25, 0.3) is 0 Å². The summed E-state index contributed by atoms with van der Waals surface area (Å²) < 4.78 is 31.1. The quantitative estimate of drug-likeness (QED) is 0.125. The summed E-state index contributed by atoms with van der Waals surface area (Å²) in [5.41, 5.74) is -2.43. The second-order valence-electron chi connectivity index (χ2n) is 15.5. The predicted octanol–water partition coefficient (Wildman–Crippen LogP) is 7.98. The summed E-state index contributed by atoms with van der Waals surface area (Å²) in [6.07, 6.45) is 8.87. The molecule has 6 saturated carbocycles. The van der Waals surface area contributed by atoms with Crippen LogP contribution in [0, 0.1) is 32.2 Å². The van der Waals surface area contributed by atoms with Gasteiger partial charge >= 0.3 is 293 Å². The fourth-order valence-corrected chi connectivity index (χ4v) is 13.1. The number of esters is 2. The van der Waals surface area contributed by atoms with Crippen LogP contribution in [-0.4, -0.2) is 42.2 Å². The third-order valence-corrected chi connectivity index (χ3v) is 14.9. The summed E-state index contributed by atoms with van der Waals surface area (Å²) in [7, 11) is 1.58. The van der Waals surface area contributed by atoms with E-state index in [-0.39, 0.29) is 29.7 Å². The molecule has 0 amide bonds. The van der Waals surface area contributed by atoms with Gasteiger partial charge in [-0.1, -0.05) is 0 Å². The van der Waals surface area contributed by atoms with E-state index in [0.717, 1.165) is 32.1 Å². The maximum atomic E-state index is 14.5. The van der Waals surface area contributed by atoms with Crippen LogP contribution in [0.5, 0.6) is 5.75 Å². The molecule has 0 spiro atoms. The van der Waals surface area contributed by atoms with Gasteiger partial charge in [0.15, 0.2) is 0 Å². The predicted molar refractivity (Wildman–Crippen MR) is 186 cm³/mol. The number of rotatable bonds is 11. The number of halogens is 1. The third kappa shape index (κ3) is 6.66. The molecule has 0 radical (unpaired) electrons. The first-order valence-corrected chi connectivity index (χ1v) is 20.1. The number of ether oxygens (including phenoxy) is 3. The SMILES string of the molecule is C=C(C)C(=O)OC12CCCC(C(=O)OI(OC(=O)C34CC5CC(CC(OC(=O)C(=C)C)(C5)C3)C4)c3ccc(OC)cc3)(CC(CC)C1)C2. The Kier molecular flexibility index (Phi) is 9.54. The molecule has 6 bridgehead atoms. The molecule has 5 unspecified atom stereocenters. The molecule has 0 N–H and O–H groups in total. The number of hydrogen-bond donors (Lipinski definition) is 0. The van der Waals surface area contributed by atoms with Crippen molar-refractivity contribution < 1.29 is 39.5 Å². The summed E-state index contributed by atoms with van der Waals surface area (Å²) >= 11 is -3.40. The van der Waals surface area contributed by atoms with Crippen molar-refractivity contribution in [3.63, 3.8) is 0 Å². The molecule has 0 aliphatic heterocycles. The van der Waals surface area contributed by atoms with Crippen molar-refractivity contribution >= 4 is 44.5 Å². The van der Waals surface area contributed by atoms with Gasteiger partial charge in [0.2, 0.25) is 0 Å². The van der Waals surface area contributed by atoms with Crippen molar-refractivity contribution in [3.8, 4) is 5.75 Å². The van der Waals surface area contributed by atoms with Crippen LogP contribution in [0.2, 0.25) is 0 Å². The maximum absolute atomic E-state index is 14.5. The summed E-state index contributed by atoms with van der Waals surface area (Å²) in [6, 6.07) is 7.19. The van der Waals surface area contributed by atoms with E-state index < -0.39 is 54.6 Å². The summed E-state index contributed by atoms with van der Waals surface area (Å²) in [5.74, 6) is -0.249. The van der Waals surface area contributed by atoms with Crippen LogP contribution in [0.1, 0.15) is 104 Å². The molecule has 5 atom stereocenters. The van der Waals surface area contributed by atoms with Crippen LogP contribution in [0.15, 0.2) is 48.6 Å². The minimum absolute atomic E-state index is 0.181. The van der Waals surface area contributed by atoms with Crippen LogP contribution >= 0.6 is 20.6 Å². The fourth-order valence-electron chi connectivity index (χ4n) is 9.89. The zero-order valence-electron chi connectivity index (χ0n) is 28.7. The van der Waals surface area contributed by atoms with E-state index >= 15 is 0 Å². The zero-order chi connectivity index (χ0) is 34.5. The van der Waals surface area contributed by atoms with Gasteiger partial charge in [0, 0.05) is 0 Å². The Hall–Kier alpha value is -2.89. The van der Waals surface area contributed by atoms with Gasteiger partial charge in [-0.2, -0.15) is 0 Å². The molecule has 1 aromatic rings. The molecule has 48 heavy (non-hydrogen) atoms. The van der Waals surface area contributed by atoms with E-state index in [9.17, 15) is 19.2 Å². The Morgan fingerprint density at radius 1 is 0.771 bits per heavy atom. The van der Waals surface area contributed by atoms with Crippen molar-refractivity contribution in [1.29, 1.82) is 0 Å². The number of methoxy groups -OCH3 is 1. The molecule has 7 rings (SSSR count). The van der Waals surface area contributed by atoms with Gasteiger partial charge in [-0.3, -0.25) is 0 Å². The third-order valence-electron chi connectivity index (χ3n) is 11.6. The number of fused-ring (bicyclic) bond motifs is 2. The van der Waals surface area contributed by atoms with E-state index in [1.165, 1.54) is 0 Å². The summed E-state index contributed by atoms with van der Waals surface area (Å²) in [6.45, 7) is 12.9. The molecule has 1 aromatic carbocycles. The van der Waals surface area contributed by atoms with Crippen LogP contribution in [-0.2, 0) is 34.8 Å². The van der Waals surface area contributed by atoms with E-state index in [4.69, 9.17) is 20.3 Å². The van der Waals surface area contributed by atoms with E-state index in [1.807, 2.05) is 12.1 Å². The van der Waals surface area contributed by atoms with Gasteiger partial charge in [0.05, 0.1) is 0 Å². The number of carbonyl (C=O) groups excluding carboxylic acids is 4. The standard InChI is InChI=1S/C38H49IO9/c1-7-26-16-35(13-8-14-37(19-26,22-35)45-31(40)24(2)3)33(42)47-39(29-9-11-30(44-6)12-10-29)48-34(43)36-17-27-15-28(18-36)21-38(20-27,23-36)46-32(41)25(4)5/h9-12,26-28H,2,4,7-8,13-23H2,1,3,5-6H3. The molecule has 6 aliphatic rings. The second-order valence-corrected chi connectivity index (χ2v) is 18.9. The molecule has 9 nitrogen and oxygen atoms in total. The first kappa shape index (κ1) is 35.0. The van der Waals surface area contributed by atoms with Crippen molar-refractivity contribution in [1.82, 2.24) is 0 Å². The van der Waals surface area contributed by atoms with Gasteiger partial charge in [0.1, 0.15) is 0 Å². The number of carbonyl (C=O) groups is 4.